The third-order valence-corrected chi connectivity index (χ3v) is 9.16. The van der Waals surface area contributed by atoms with Crippen LogP contribution in [0.4, 0.5) is 0 Å². The van der Waals surface area contributed by atoms with Crippen LogP contribution in [0.1, 0.15) is 45.8 Å². The summed E-state index contributed by atoms with van der Waals surface area (Å²) in [6.45, 7) is 2.39. The quantitative estimate of drug-likeness (QED) is 0.209. The summed E-state index contributed by atoms with van der Waals surface area (Å²) in [6, 6.07) is 5.01. The number of methoxy groups -OCH3 is 1. The molecule has 6 atom stereocenters. The Hall–Kier alpha value is -2.84. The number of carbonyl (C=O) groups is 1. The first kappa shape index (κ1) is 30.6. The van der Waals surface area contributed by atoms with Gasteiger partial charge in [-0.25, -0.2) is 14.5 Å². The summed E-state index contributed by atoms with van der Waals surface area (Å²) in [5.41, 5.74) is -1.21. The minimum Gasteiger partial charge on any atom is -0.479 e. The minimum atomic E-state index is -4.28. The predicted molar refractivity (Wildman–Crippen MR) is 149 cm³/mol. The molecule has 2 aliphatic rings. The SMILES string of the molecule is COc1ncnc2c1ncn2C1OC(COP(=O)(NC(C)C(=O)OC2CCCC2)Oc2ccc(Cl)cc2)[C@@H](O)[C@@]1(C)O. The van der Waals surface area contributed by atoms with E-state index in [9.17, 15) is 19.6 Å². The summed E-state index contributed by atoms with van der Waals surface area (Å²) in [5, 5.41) is 25.3. The van der Waals surface area contributed by atoms with Gasteiger partial charge in [0.1, 0.15) is 42.0 Å². The highest BCUT2D eigenvalue weighted by molar-refractivity contribution is 7.52. The van der Waals surface area contributed by atoms with E-state index in [2.05, 4.69) is 20.0 Å². The lowest BCUT2D eigenvalue weighted by molar-refractivity contribution is -0.150. The summed E-state index contributed by atoms with van der Waals surface area (Å²) in [6.07, 6.45) is 2.15. The van der Waals surface area contributed by atoms with Crippen LogP contribution in [-0.2, 0) is 23.4 Å². The number of hydrogen-bond acceptors (Lipinski definition) is 12. The number of benzene rings is 1. The maximum atomic E-state index is 14.0. The van der Waals surface area contributed by atoms with Gasteiger partial charge in [0, 0.05) is 5.02 Å². The monoisotopic (exact) mass is 625 g/mol. The number of ether oxygens (including phenoxy) is 3. The van der Waals surface area contributed by atoms with Crippen LogP contribution in [0.5, 0.6) is 11.6 Å². The van der Waals surface area contributed by atoms with E-state index in [1.54, 1.807) is 12.1 Å². The zero-order chi connectivity index (χ0) is 30.1. The van der Waals surface area contributed by atoms with Crippen LogP contribution in [-0.4, -0.2) is 79.4 Å². The van der Waals surface area contributed by atoms with E-state index >= 15 is 0 Å². The number of hydrogen-bond donors (Lipinski definition) is 3. The number of nitrogens with zero attached hydrogens (tertiary/aromatic N) is 4. The average molecular weight is 626 g/mol. The van der Waals surface area contributed by atoms with Crippen molar-refractivity contribution in [3.8, 4) is 11.6 Å². The molecule has 0 bridgehead atoms. The normalized spacial score (nSPS) is 26.7. The van der Waals surface area contributed by atoms with E-state index in [1.165, 1.54) is 50.3 Å². The van der Waals surface area contributed by atoms with Crippen LogP contribution in [0.3, 0.4) is 0 Å². The fourth-order valence-corrected chi connectivity index (χ4v) is 6.62. The fraction of sp³-hybridized carbons (Fsp3) is 0.538. The highest BCUT2D eigenvalue weighted by Gasteiger charge is 2.54. The molecular formula is C26H33ClN5O9P. The number of imidazole rings is 1. The molecule has 2 aromatic heterocycles. The van der Waals surface area contributed by atoms with Gasteiger partial charge in [-0.05, 0) is 63.8 Å². The van der Waals surface area contributed by atoms with Gasteiger partial charge in [0.25, 0.3) is 0 Å². The highest BCUT2D eigenvalue weighted by Crippen LogP contribution is 2.47. The van der Waals surface area contributed by atoms with Gasteiger partial charge in [-0.1, -0.05) is 11.6 Å². The van der Waals surface area contributed by atoms with Gasteiger partial charge >= 0.3 is 13.7 Å². The number of aromatic nitrogens is 4. The van der Waals surface area contributed by atoms with Crippen LogP contribution in [0.2, 0.25) is 5.02 Å². The molecule has 3 heterocycles. The van der Waals surface area contributed by atoms with Gasteiger partial charge in [0.2, 0.25) is 5.88 Å². The van der Waals surface area contributed by atoms with Gasteiger partial charge in [-0.3, -0.25) is 13.9 Å². The third kappa shape index (κ3) is 6.40. The lowest BCUT2D eigenvalue weighted by Gasteiger charge is -2.27. The number of nitrogens with one attached hydrogen (secondary N) is 1. The number of aliphatic hydroxyl groups excluding tert-OH is 1. The molecular weight excluding hydrogens is 593 g/mol. The second-order valence-electron chi connectivity index (χ2n) is 10.4. The van der Waals surface area contributed by atoms with E-state index in [0.717, 1.165) is 25.7 Å². The fourth-order valence-electron chi connectivity index (χ4n) is 4.99. The molecule has 42 heavy (non-hydrogen) atoms. The molecule has 228 valence electrons. The molecule has 0 amide bonds. The first-order valence-corrected chi connectivity index (χ1v) is 15.4. The number of halogens is 1. The van der Waals surface area contributed by atoms with Crippen molar-refractivity contribution in [2.24, 2.45) is 0 Å². The van der Waals surface area contributed by atoms with Gasteiger partial charge in [-0.2, -0.15) is 10.1 Å². The molecule has 1 aliphatic heterocycles. The number of fused-ring (bicyclic) bond motifs is 1. The van der Waals surface area contributed by atoms with E-state index in [1.807, 2.05) is 0 Å². The van der Waals surface area contributed by atoms with Gasteiger partial charge < -0.3 is 28.9 Å². The van der Waals surface area contributed by atoms with Gasteiger partial charge in [0.15, 0.2) is 17.4 Å². The lowest BCUT2D eigenvalue weighted by atomic mass is 9.96. The summed E-state index contributed by atoms with van der Waals surface area (Å²) < 4.78 is 43.5. The first-order chi connectivity index (χ1) is 20.0. The van der Waals surface area contributed by atoms with Crippen molar-refractivity contribution in [1.29, 1.82) is 0 Å². The molecule has 4 unspecified atom stereocenters. The van der Waals surface area contributed by atoms with Crippen molar-refractivity contribution in [1.82, 2.24) is 24.6 Å². The van der Waals surface area contributed by atoms with Gasteiger partial charge in [0.05, 0.1) is 20.0 Å². The minimum absolute atomic E-state index is 0.155. The molecule has 1 aliphatic carbocycles. The maximum absolute atomic E-state index is 14.0. The Balaban J connectivity index is 1.33. The standard InChI is InChI=1S/C26H33ClN5O9P/c1-15(24(34)39-17-6-4-5-7-17)31-42(36,41-18-10-8-16(27)9-11-18)38-12-19-21(33)26(2,35)25(40-19)32-14-30-20-22(32)28-13-29-23(20)37-3/h8-11,13-15,17,19,21,25,33,35H,4-7,12H2,1-3H3,(H,31,36)/t15?,19?,21-,25?,26-,42?/m1/s1. The van der Waals surface area contributed by atoms with E-state index in [0.29, 0.717) is 16.2 Å². The summed E-state index contributed by atoms with van der Waals surface area (Å²) in [5.74, 6) is -0.221. The topological polar surface area (TPSA) is 176 Å². The molecule has 0 spiro atoms. The highest BCUT2D eigenvalue weighted by atomic mass is 35.5. The number of aliphatic hydroxyl groups is 2. The Morgan fingerprint density at radius 3 is 2.67 bits per heavy atom. The second kappa shape index (κ2) is 12.4. The van der Waals surface area contributed by atoms with Crippen LogP contribution in [0.15, 0.2) is 36.9 Å². The second-order valence-corrected chi connectivity index (χ2v) is 12.6. The Labute approximate surface area is 246 Å². The number of rotatable bonds is 11. The van der Waals surface area contributed by atoms with Crippen LogP contribution in [0, 0.1) is 0 Å². The average Bonchev–Trinajstić information content (AvgIpc) is 3.68. The molecule has 14 nitrogen and oxygen atoms in total. The summed E-state index contributed by atoms with van der Waals surface area (Å²) in [4.78, 5) is 25.2. The van der Waals surface area contributed by atoms with Crippen molar-refractivity contribution >= 4 is 36.5 Å². The first-order valence-electron chi connectivity index (χ1n) is 13.5. The van der Waals surface area contributed by atoms with E-state index in [4.69, 9.17) is 34.9 Å². The zero-order valence-electron chi connectivity index (χ0n) is 23.3. The molecule has 1 aromatic carbocycles. The van der Waals surface area contributed by atoms with Crippen molar-refractivity contribution in [3.63, 3.8) is 0 Å². The van der Waals surface area contributed by atoms with E-state index < -0.39 is 50.4 Å². The molecule has 5 rings (SSSR count). The van der Waals surface area contributed by atoms with Crippen molar-refractivity contribution in [2.75, 3.05) is 13.7 Å². The Kier molecular flexibility index (Phi) is 9.05. The molecule has 3 aromatic rings. The zero-order valence-corrected chi connectivity index (χ0v) is 24.9. The molecule has 3 N–H and O–H groups in total. The largest absolute Gasteiger partial charge is 0.479 e. The molecule has 16 heteroatoms. The van der Waals surface area contributed by atoms with Crippen LogP contribution < -0.4 is 14.3 Å². The molecule has 2 fully saturated rings. The molecule has 1 saturated heterocycles. The predicted octanol–water partition coefficient (Wildman–Crippen LogP) is 3.17. The van der Waals surface area contributed by atoms with E-state index in [-0.39, 0.29) is 17.7 Å². The third-order valence-electron chi connectivity index (χ3n) is 7.26. The van der Waals surface area contributed by atoms with Crippen molar-refractivity contribution in [3.05, 3.63) is 41.9 Å². The Morgan fingerprint density at radius 1 is 1.26 bits per heavy atom. The summed E-state index contributed by atoms with van der Waals surface area (Å²) in [7, 11) is -2.85. The summed E-state index contributed by atoms with van der Waals surface area (Å²) >= 11 is 5.97. The van der Waals surface area contributed by atoms with Gasteiger partial charge in [-0.15, -0.1) is 0 Å². The Bertz CT molecular complexity index is 1450. The maximum Gasteiger partial charge on any atom is 0.459 e. The molecule has 0 radical (unpaired) electrons. The lowest BCUT2D eigenvalue weighted by Crippen LogP contribution is -2.44. The van der Waals surface area contributed by atoms with Crippen LogP contribution >= 0.6 is 19.3 Å². The number of esters is 1. The molecule has 1 saturated carbocycles. The van der Waals surface area contributed by atoms with Crippen molar-refractivity contribution < 1.29 is 42.8 Å². The number of carbonyl (C=O) groups excluding carboxylic acids is 1. The Morgan fingerprint density at radius 2 is 1.98 bits per heavy atom. The van der Waals surface area contributed by atoms with Crippen LogP contribution in [0.25, 0.3) is 11.2 Å². The smallest absolute Gasteiger partial charge is 0.459 e. The van der Waals surface area contributed by atoms with Crippen molar-refractivity contribution in [2.45, 2.75) is 75.7 Å².